The fraction of sp³-hybridized carbons (Fsp3) is 0.444. The predicted molar refractivity (Wildman–Crippen MR) is 102 cm³/mol. The van der Waals surface area contributed by atoms with Crippen molar-refractivity contribution in [2.45, 2.75) is 26.9 Å². The minimum absolute atomic E-state index is 0.0251. The number of carbonyl (C=O) groups excluding carboxylic acids is 1. The van der Waals surface area contributed by atoms with Gasteiger partial charge in [-0.25, -0.2) is 4.98 Å². The molecule has 2 heterocycles. The Morgan fingerprint density at radius 1 is 1.52 bits per heavy atom. The van der Waals surface area contributed by atoms with Gasteiger partial charge in [0.1, 0.15) is 11.9 Å². The molecule has 0 saturated heterocycles. The molecule has 1 unspecified atom stereocenters. The van der Waals surface area contributed by atoms with Crippen LogP contribution < -0.4 is 20.7 Å². The summed E-state index contributed by atoms with van der Waals surface area (Å²) < 4.78 is 5.92. The van der Waals surface area contributed by atoms with E-state index in [0.29, 0.717) is 30.7 Å². The maximum Gasteiger partial charge on any atom is 0.239 e. The number of rotatable bonds is 5. The van der Waals surface area contributed by atoms with Crippen molar-refractivity contribution in [2.24, 2.45) is 5.92 Å². The van der Waals surface area contributed by atoms with Gasteiger partial charge in [0, 0.05) is 17.5 Å². The molecule has 0 radical (unpaired) electrons. The molecular weight excluding hydrogens is 336 g/mol. The van der Waals surface area contributed by atoms with Crippen LogP contribution >= 0.6 is 11.3 Å². The van der Waals surface area contributed by atoms with E-state index in [1.807, 2.05) is 30.5 Å². The molecule has 7 heteroatoms. The second-order valence-corrected chi connectivity index (χ2v) is 7.65. The Morgan fingerprint density at radius 3 is 3.00 bits per heavy atom. The molecule has 1 aliphatic heterocycles. The van der Waals surface area contributed by atoms with Gasteiger partial charge in [0.25, 0.3) is 0 Å². The zero-order valence-electron chi connectivity index (χ0n) is 14.8. The fourth-order valence-electron chi connectivity index (χ4n) is 2.80. The van der Waals surface area contributed by atoms with Crippen molar-refractivity contribution < 1.29 is 9.53 Å². The van der Waals surface area contributed by atoms with Crippen molar-refractivity contribution >= 4 is 28.1 Å². The topological polar surface area (TPSA) is 80.5 Å². The molecular formula is C18H24N4O2S. The number of ether oxygens (including phenoxy) is 1. The van der Waals surface area contributed by atoms with E-state index >= 15 is 0 Å². The number of benzene rings is 1. The molecule has 25 heavy (non-hydrogen) atoms. The molecule has 0 bridgehead atoms. The molecule has 134 valence electrons. The lowest BCUT2D eigenvalue weighted by molar-refractivity contribution is -0.120. The normalized spacial score (nSPS) is 16.5. The molecule has 2 aromatic rings. The number of aromatic nitrogens is 1. The Morgan fingerprint density at radius 2 is 2.32 bits per heavy atom. The number of thiazole rings is 1. The van der Waals surface area contributed by atoms with Crippen LogP contribution in [0.2, 0.25) is 0 Å². The Bertz CT molecular complexity index is 759. The van der Waals surface area contributed by atoms with Gasteiger partial charge in [0.2, 0.25) is 5.91 Å². The standard InChI is InChI=1S/C18H24N4O2S/c1-11(2)7-20-17(23)9-22-8-12(3)24-16-5-4-13(6-15(16)22)14-10-25-18(19)21-14/h4-6,10-12H,7-9H2,1-3H3,(H2,19,21)(H,20,23). The molecule has 1 aliphatic rings. The minimum atomic E-state index is 0.0251. The zero-order valence-corrected chi connectivity index (χ0v) is 15.6. The van der Waals surface area contributed by atoms with Gasteiger partial charge in [-0.3, -0.25) is 4.79 Å². The van der Waals surface area contributed by atoms with Crippen molar-refractivity contribution in [1.29, 1.82) is 0 Å². The van der Waals surface area contributed by atoms with Crippen molar-refractivity contribution in [1.82, 2.24) is 10.3 Å². The Hall–Kier alpha value is -2.28. The monoisotopic (exact) mass is 360 g/mol. The van der Waals surface area contributed by atoms with E-state index in [9.17, 15) is 4.79 Å². The molecule has 0 spiro atoms. The van der Waals surface area contributed by atoms with Gasteiger partial charge < -0.3 is 20.7 Å². The van der Waals surface area contributed by atoms with Gasteiger partial charge in [-0.05, 0) is 31.0 Å². The average Bonchev–Trinajstić information content (AvgIpc) is 2.99. The van der Waals surface area contributed by atoms with E-state index in [1.54, 1.807) is 0 Å². The first-order valence-electron chi connectivity index (χ1n) is 8.46. The van der Waals surface area contributed by atoms with Gasteiger partial charge in [0.15, 0.2) is 5.13 Å². The predicted octanol–water partition coefficient (Wildman–Crippen LogP) is 2.75. The smallest absolute Gasteiger partial charge is 0.239 e. The summed E-state index contributed by atoms with van der Waals surface area (Å²) in [6.07, 6.45) is 0.0335. The van der Waals surface area contributed by atoms with E-state index in [4.69, 9.17) is 10.5 Å². The average molecular weight is 360 g/mol. The van der Waals surface area contributed by atoms with Gasteiger partial charge in [-0.1, -0.05) is 13.8 Å². The van der Waals surface area contributed by atoms with Gasteiger partial charge >= 0.3 is 0 Å². The Balaban J connectivity index is 1.83. The number of anilines is 2. The maximum atomic E-state index is 12.3. The molecule has 1 amide bonds. The maximum absolute atomic E-state index is 12.3. The third-order valence-corrected chi connectivity index (χ3v) is 4.64. The molecule has 0 saturated carbocycles. The number of nitrogen functional groups attached to an aromatic ring is 1. The second-order valence-electron chi connectivity index (χ2n) is 6.76. The Kier molecular flexibility index (Phi) is 5.13. The summed E-state index contributed by atoms with van der Waals surface area (Å²) in [5.41, 5.74) is 8.47. The van der Waals surface area contributed by atoms with Crippen molar-refractivity contribution in [2.75, 3.05) is 30.3 Å². The summed E-state index contributed by atoms with van der Waals surface area (Å²) in [6, 6.07) is 5.93. The number of nitrogens with two attached hydrogens (primary N) is 1. The summed E-state index contributed by atoms with van der Waals surface area (Å²) in [6.45, 7) is 7.85. The van der Waals surface area contributed by atoms with Crippen LogP contribution in [0.5, 0.6) is 5.75 Å². The highest BCUT2D eigenvalue weighted by Gasteiger charge is 2.25. The largest absolute Gasteiger partial charge is 0.487 e. The summed E-state index contributed by atoms with van der Waals surface area (Å²) in [5, 5.41) is 5.45. The highest BCUT2D eigenvalue weighted by molar-refractivity contribution is 7.13. The number of carbonyl (C=O) groups is 1. The lowest BCUT2D eigenvalue weighted by atomic mass is 10.1. The molecule has 1 atom stereocenters. The molecule has 3 N–H and O–H groups in total. The number of hydrogen-bond acceptors (Lipinski definition) is 6. The van der Waals surface area contributed by atoms with Gasteiger partial charge in [0.05, 0.1) is 24.5 Å². The lowest BCUT2D eigenvalue weighted by Crippen LogP contribution is -2.44. The van der Waals surface area contributed by atoms with E-state index in [1.165, 1.54) is 11.3 Å². The van der Waals surface area contributed by atoms with Crippen LogP contribution in [-0.4, -0.2) is 36.6 Å². The Labute approximate surface area is 152 Å². The van der Waals surface area contributed by atoms with E-state index in [2.05, 4.69) is 29.0 Å². The fourth-order valence-corrected chi connectivity index (χ4v) is 3.38. The number of hydrogen-bond donors (Lipinski definition) is 2. The molecule has 1 aromatic carbocycles. The molecule has 0 fully saturated rings. The first-order valence-corrected chi connectivity index (χ1v) is 9.34. The highest BCUT2D eigenvalue weighted by Crippen LogP contribution is 2.37. The third kappa shape index (κ3) is 4.22. The molecule has 6 nitrogen and oxygen atoms in total. The lowest BCUT2D eigenvalue weighted by Gasteiger charge is -2.34. The number of amides is 1. The number of nitrogens with one attached hydrogen (secondary N) is 1. The SMILES string of the molecule is CC(C)CNC(=O)CN1CC(C)Oc2ccc(-c3csc(N)n3)cc21. The zero-order chi connectivity index (χ0) is 18.0. The van der Waals surface area contributed by atoms with Crippen molar-refractivity contribution in [3.63, 3.8) is 0 Å². The van der Waals surface area contributed by atoms with Crippen molar-refractivity contribution in [3.8, 4) is 17.0 Å². The van der Waals surface area contributed by atoms with Crippen LogP contribution in [0.1, 0.15) is 20.8 Å². The molecule has 1 aromatic heterocycles. The van der Waals surface area contributed by atoms with Gasteiger partial charge in [-0.15, -0.1) is 11.3 Å². The van der Waals surface area contributed by atoms with Crippen LogP contribution in [-0.2, 0) is 4.79 Å². The van der Waals surface area contributed by atoms with E-state index in [-0.39, 0.29) is 12.0 Å². The van der Waals surface area contributed by atoms with Crippen molar-refractivity contribution in [3.05, 3.63) is 23.6 Å². The van der Waals surface area contributed by atoms with Crippen LogP contribution in [0, 0.1) is 5.92 Å². The van der Waals surface area contributed by atoms with Crippen LogP contribution in [0.4, 0.5) is 10.8 Å². The van der Waals surface area contributed by atoms with E-state index < -0.39 is 0 Å². The van der Waals surface area contributed by atoms with Crippen LogP contribution in [0.3, 0.4) is 0 Å². The van der Waals surface area contributed by atoms with Crippen LogP contribution in [0.15, 0.2) is 23.6 Å². The summed E-state index contributed by atoms with van der Waals surface area (Å²) >= 11 is 1.42. The van der Waals surface area contributed by atoms with Gasteiger partial charge in [-0.2, -0.15) is 0 Å². The number of nitrogens with zero attached hydrogens (tertiary/aromatic N) is 2. The summed E-state index contributed by atoms with van der Waals surface area (Å²) in [7, 11) is 0. The quantitative estimate of drug-likeness (QED) is 0.857. The first-order chi connectivity index (χ1) is 11.9. The van der Waals surface area contributed by atoms with E-state index in [0.717, 1.165) is 22.7 Å². The second kappa shape index (κ2) is 7.31. The third-order valence-electron chi connectivity index (χ3n) is 3.96. The minimum Gasteiger partial charge on any atom is -0.487 e. The number of fused-ring (bicyclic) bond motifs is 1. The van der Waals surface area contributed by atoms with Crippen LogP contribution in [0.25, 0.3) is 11.3 Å². The first kappa shape index (κ1) is 17.5. The summed E-state index contributed by atoms with van der Waals surface area (Å²) in [5.74, 6) is 1.25. The highest BCUT2D eigenvalue weighted by atomic mass is 32.1. The molecule has 3 rings (SSSR count). The summed E-state index contributed by atoms with van der Waals surface area (Å²) in [4.78, 5) is 18.7. The molecule has 0 aliphatic carbocycles.